The van der Waals surface area contributed by atoms with Gasteiger partial charge in [0.05, 0.1) is 12.3 Å². The number of hydrogen-bond acceptors (Lipinski definition) is 3. The number of nitrogens with one attached hydrogen (secondary N) is 1. The van der Waals surface area contributed by atoms with Crippen LogP contribution in [0.3, 0.4) is 0 Å². The van der Waals surface area contributed by atoms with Gasteiger partial charge in [0.15, 0.2) is 0 Å². The zero-order valence-corrected chi connectivity index (χ0v) is 14.6. The van der Waals surface area contributed by atoms with E-state index < -0.39 is 0 Å². The first-order chi connectivity index (χ1) is 12.1. The van der Waals surface area contributed by atoms with E-state index >= 15 is 0 Å². The number of carbonyl (C=O) groups excluding carboxylic acids is 1. The van der Waals surface area contributed by atoms with Gasteiger partial charge >= 0.3 is 0 Å². The molecule has 25 heavy (non-hydrogen) atoms. The Kier molecular flexibility index (Phi) is 5.87. The molecule has 1 aromatic carbocycles. The summed E-state index contributed by atoms with van der Waals surface area (Å²) in [7, 11) is 0. The molecule has 0 aliphatic carbocycles. The predicted molar refractivity (Wildman–Crippen MR) is 94.5 cm³/mol. The molecule has 3 rings (SSSR count). The molecule has 1 aliphatic heterocycles. The highest BCUT2D eigenvalue weighted by Gasteiger charge is 2.26. The van der Waals surface area contributed by atoms with Crippen molar-refractivity contribution in [1.29, 1.82) is 0 Å². The Balaban J connectivity index is 1.56. The van der Waals surface area contributed by atoms with Gasteiger partial charge < -0.3 is 9.73 Å². The van der Waals surface area contributed by atoms with Crippen LogP contribution in [-0.4, -0.2) is 30.4 Å². The molecule has 0 radical (unpaired) electrons. The summed E-state index contributed by atoms with van der Waals surface area (Å²) in [6.45, 7) is 4.51. The largest absolute Gasteiger partial charge is 0.468 e. The van der Waals surface area contributed by atoms with Crippen LogP contribution >= 0.6 is 0 Å². The lowest BCUT2D eigenvalue weighted by molar-refractivity contribution is -0.124. The van der Waals surface area contributed by atoms with Gasteiger partial charge in [0, 0.05) is 12.5 Å². The molecule has 0 spiro atoms. The minimum atomic E-state index is -0.257. The molecule has 5 heteroatoms. The van der Waals surface area contributed by atoms with Crippen molar-refractivity contribution in [3.8, 4) is 0 Å². The normalized spacial score (nSPS) is 17.4. The molecule has 2 unspecified atom stereocenters. The Morgan fingerprint density at radius 2 is 1.96 bits per heavy atom. The van der Waals surface area contributed by atoms with Crippen molar-refractivity contribution in [3.05, 3.63) is 59.8 Å². The van der Waals surface area contributed by atoms with Crippen LogP contribution in [0, 0.1) is 11.7 Å². The fourth-order valence-electron chi connectivity index (χ4n) is 3.38. The molecule has 1 aliphatic rings. The first-order valence-electron chi connectivity index (χ1n) is 8.93. The number of carbonyl (C=O) groups is 1. The monoisotopic (exact) mass is 344 g/mol. The molecule has 1 N–H and O–H groups in total. The summed E-state index contributed by atoms with van der Waals surface area (Å²) >= 11 is 0. The van der Waals surface area contributed by atoms with Crippen LogP contribution in [0.15, 0.2) is 47.1 Å². The van der Waals surface area contributed by atoms with Crippen molar-refractivity contribution in [2.45, 2.75) is 32.2 Å². The number of furan rings is 1. The molecule has 134 valence electrons. The molecule has 2 heterocycles. The average Bonchev–Trinajstić information content (AvgIpc) is 3.31. The predicted octanol–water partition coefficient (Wildman–Crippen LogP) is 3.55. The highest BCUT2D eigenvalue weighted by atomic mass is 19.1. The molecule has 1 aromatic heterocycles. The van der Waals surface area contributed by atoms with Crippen molar-refractivity contribution in [1.82, 2.24) is 10.2 Å². The zero-order valence-electron chi connectivity index (χ0n) is 14.6. The second kappa shape index (κ2) is 8.30. The zero-order chi connectivity index (χ0) is 17.6. The summed E-state index contributed by atoms with van der Waals surface area (Å²) in [5, 5.41) is 3.06. The summed E-state index contributed by atoms with van der Waals surface area (Å²) in [5.74, 6) is 0.488. The number of amides is 1. The standard InChI is InChI=1S/C20H25FN2O2/c1-15(13-16-6-8-17(21)9-7-16)20(24)22-14-18(19-5-4-12-25-19)23-10-2-3-11-23/h4-9,12,15,18H,2-3,10-11,13-14H2,1H3,(H,22,24). The smallest absolute Gasteiger partial charge is 0.223 e. The number of halogens is 1. The fourth-order valence-corrected chi connectivity index (χ4v) is 3.38. The Bertz CT molecular complexity index is 664. The number of likely N-dealkylation sites (tertiary alicyclic amines) is 1. The molecule has 4 nitrogen and oxygen atoms in total. The van der Waals surface area contributed by atoms with Gasteiger partial charge in [-0.15, -0.1) is 0 Å². The van der Waals surface area contributed by atoms with E-state index in [4.69, 9.17) is 4.42 Å². The summed E-state index contributed by atoms with van der Waals surface area (Å²) in [6.07, 6.45) is 4.65. The number of rotatable bonds is 7. The third kappa shape index (κ3) is 4.69. The minimum Gasteiger partial charge on any atom is -0.468 e. The second-order valence-corrected chi connectivity index (χ2v) is 6.75. The van der Waals surface area contributed by atoms with Gasteiger partial charge in [0.2, 0.25) is 5.91 Å². The summed E-state index contributed by atoms with van der Waals surface area (Å²) in [6, 6.07) is 10.3. The van der Waals surface area contributed by atoms with Crippen LogP contribution in [-0.2, 0) is 11.2 Å². The lowest BCUT2D eigenvalue weighted by atomic mass is 10.00. The fraction of sp³-hybridized carbons (Fsp3) is 0.450. The molecule has 0 saturated carbocycles. The van der Waals surface area contributed by atoms with Crippen LogP contribution in [0.5, 0.6) is 0 Å². The minimum absolute atomic E-state index is 0.0140. The topological polar surface area (TPSA) is 45.5 Å². The maximum atomic E-state index is 13.0. The van der Waals surface area contributed by atoms with Crippen molar-refractivity contribution in [2.24, 2.45) is 5.92 Å². The van der Waals surface area contributed by atoms with Gasteiger partial charge in [-0.3, -0.25) is 9.69 Å². The van der Waals surface area contributed by atoms with E-state index in [2.05, 4.69) is 10.2 Å². The van der Waals surface area contributed by atoms with Gasteiger partial charge in [0.1, 0.15) is 11.6 Å². The number of nitrogens with zero attached hydrogens (tertiary/aromatic N) is 1. The van der Waals surface area contributed by atoms with Crippen molar-refractivity contribution in [3.63, 3.8) is 0 Å². The summed E-state index contributed by atoms with van der Waals surface area (Å²) in [4.78, 5) is 14.8. The van der Waals surface area contributed by atoms with Crippen LogP contribution in [0.2, 0.25) is 0 Å². The van der Waals surface area contributed by atoms with Crippen molar-refractivity contribution < 1.29 is 13.6 Å². The quantitative estimate of drug-likeness (QED) is 0.835. The first kappa shape index (κ1) is 17.7. The summed E-state index contributed by atoms with van der Waals surface area (Å²) < 4.78 is 18.6. The van der Waals surface area contributed by atoms with E-state index in [0.717, 1.165) is 24.4 Å². The van der Waals surface area contributed by atoms with Crippen LogP contribution in [0.1, 0.15) is 37.1 Å². The number of benzene rings is 1. The highest BCUT2D eigenvalue weighted by molar-refractivity contribution is 5.78. The maximum Gasteiger partial charge on any atom is 0.223 e. The van der Waals surface area contributed by atoms with Gasteiger partial charge in [-0.1, -0.05) is 19.1 Å². The maximum absolute atomic E-state index is 13.0. The molecular weight excluding hydrogens is 319 g/mol. The SMILES string of the molecule is CC(Cc1ccc(F)cc1)C(=O)NCC(c1ccco1)N1CCCC1. The van der Waals surface area contributed by atoms with Gasteiger partial charge in [-0.05, 0) is 62.2 Å². The van der Waals surface area contributed by atoms with Crippen molar-refractivity contribution in [2.75, 3.05) is 19.6 Å². The van der Waals surface area contributed by atoms with E-state index in [1.807, 2.05) is 19.1 Å². The van der Waals surface area contributed by atoms with Gasteiger partial charge in [-0.2, -0.15) is 0 Å². The molecule has 1 fully saturated rings. The van der Waals surface area contributed by atoms with E-state index in [-0.39, 0.29) is 23.7 Å². The van der Waals surface area contributed by atoms with Gasteiger partial charge in [-0.25, -0.2) is 4.39 Å². The van der Waals surface area contributed by atoms with Crippen LogP contribution < -0.4 is 5.32 Å². The third-order valence-corrected chi connectivity index (χ3v) is 4.83. The van der Waals surface area contributed by atoms with E-state index in [0.29, 0.717) is 13.0 Å². The Labute approximate surface area is 148 Å². The van der Waals surface area contributed by atoms with Crippen LogP contribution in [0.25, 0.3) is 0 Å². The lowest BCUT2D eigenvalue weighted by Gasteiger charge is -2.26. The van der Waals surface area contributed by atoms with E-state index in [9.17, 15) is 9.18 Å². The Hall–Kier alpha value is -2.14. The Morgan fingerprint density at radius 3 is 2.60 bits per heavy atom. The number of hydrogen-bond donors (Lipinski definition) is 1. The molecule has 0 bridgehead atoms. The average molecular weight is 344 g/mol. The molecule has 2 aromatic rings. The molecule has 1 saturated heterocycles. The van der Waals surface area contributed by atoms with E-state index in [1.165, 1.54) is 25.0 Å². The van der Waals surface area contributed by atoms with Gasteiger partial charge in [0.25, 0.3) is 0 Å². The van der Waals surface area contributed by atoms with Crippen LogP contribution in [0.4, 0.5) is 4.39 Å². The summed E-state index contributed by atoms with van der Waals surface area (Å²) in [5.41, 5.74) is 0.964. The Morgan fingerprint density at radius 1 is 1.24 bits per heavy atom. The van der Waals surface area contributed by atoms with E-state index in [1.54, 1.807) is 18.4 Å². The molecule has 2 atom stereocenters. The molecular formula is C20H25FN2O2. The van der Waals surface area contributed by atoms with Crippen molar-refractivity contribution >= 4 is 5.91 Å². The highest BCUT2D eigenvalue weighted by Crippen LogP contribution is 2.25. The third-order valence-electron chi connectivity index (χ3n) is 4.83. The first-order valence-corrected chi connectivity index (χ1v) is 8.93. The molecule has 1 amide bonds. The lowest BCUT2D eigenvalue weighted by Crippen LogP contribution is -2.39. The second-order valence-electron chi connectivity index (χ2n) is 6.75.